The van der Waals surface area contributed by atoms with Crippen molar-refractivity contribution >= 4 is 27.5 Å². The van der Waals surface area contributed by atoms with Gasteiger partial charge < -0.3 is 9.88 Å². The van der Waals surface area contributed by atoms with Crippen LogP contribution >= 0.6 is 11.3 Å². The van der Waals surface area contributed by atoms with Crippen molar-refractivity contribution in [3.63, 3.8) is 0 Å². The summed E-state index contributed by atoms with van der Waals surface area (Å²) in [5.41, 5.74) is 0.491. The number of rotatable bonds is 5. The highest BCUT2D eigenvalue weighted by Crippen LogP contribution is 2.14. The van der Waals surface area contributed by atoms with E-state index >= 15 is 0 Å². The van der Waals surface area contributed by atoms with E-state index < -0.39 is 0 Å². The number of fused-ring (bicyclic) bond motifs is 1. The van der Waals surface area contributed by atoms with Gasteiger partial charge in [0.2, 0.25) is 5.91 Å². The molecule has 0 aliphatic heterocycles. The minimum Gasteiger partial charge on any atom is -0.338 e. The average Bonchev–Trinajstić information content (AvgIpc) is 3.15. The van der Waals surface area contributed by atoms with Crippen molar-refractivity contribution < 1.29 is 4.79 Å². The number of aryl methyl sites for hydroxylation is 1. The van der Waals surface area contributed by atoms with Gasteiger partial charge in [0.05, 0.1) is 18.6 Å². The molecule has 114 valence electrons. The molecule has 3 aromatic heterocycles. The SMILES string of the molecule is CN(Cc1nc2ccsc2c(=O)[nH]1)C(=O)CCn1cncn1. The van der Waals surface area contributed by atoms with Crippen LogP contribution in [0.15, 0.2) is 28.9 Å². The summed E-state index contributed by atoms with van der Waals surface area (Å²) in [6.45, 7) is 0.730. The van der Waals surface area contributed by atoms with Gasteiger partial charge in [-0.15, -0.1) is 11.3 Å². The van der Waals surface area contributed by atoms with E-state index in [9.17, 15) is 9.59 Å². The number of hydrogen-bond donors (Lipinski definition) is 1. The summed E-state index contributed by atoms with van der Waals surface area (Å²) in [6.07, 6.45) is 3.31. The van der Waals surface area contributed by atoms with Gasteiger partial charge in [0.1, 0.15) is 23.2 Å². The van der Waals surface area contributed by atoms with E-state index in [4.69, 9.17) is 0 Å². The second kappa shape index (κ2) is 6.06. The second-order valence-electron chi connectivity index (χ2n) is 4.81. The predicted molar refractivity (Wildman–Crippen MR) is 81.4 cm³/mol. The Labute approximate surface area is 129 Å². The van der Waals surface area contributed by atoms with Crippen LogP contribution < -0.4 is 5.56 Å². The highest BCUT2D eigenvalue weighted by Gasteiger charge is 2.12. The van der Waals surface area contributed by atoms with Crippen molar-refractivity contribution in [1.82, 2.24) is 29.6 Å². The number of H-pyrrole nitrogens is 1. The van der Waals surface area contributed by atoms with Gasteiger partial charge in [0.25, 0.3) is 5.56 Å². The van der Waals surface area contributed by atoms with Crippen LogP contribution in [0.5, 0.6) is 0 Å². The molecule has 0 aliphatic rings. The first-order valence-corrected chi connectivity index (χ1v) is 7.54. The van der Waals surface area contributed by atoms with Crippen LogP contribution in [0.4, 0.5) is 0 Å². The van der Waals surface area contributed by atoms with Crippen molar-refractivity contribution in [3.05, 3.63) is 40.3 Å². The van der Waals surface area contributed by atoms with E-state index in [-0.39, 0.29) is 18.0 Å². The molecule has 0 unspecified atom stereocenters. The third-order valence-corrected chi connectivity index (χ3v) is 4.10. The van der Waals surface area contributed by atoms with Crippen molar-refractivity contribution in [3.8, 4) is 0 Å². The van der Waals surface area contributed by atoms with Gasteiger partial charge in [-0.1, -0.05) is 0 Å². The molecule has 0 bridgehead atoms. The summed E-state index contributed by atoms with van der Waals surface area (Å²) in [5, 5.41) is 5.77. The molecule has 9 heteroatoms. The van der Waals surface area contributed by atoms with Gasteiger partial charge in [0.15, 0.2) is 0 Å². The maximum absolute atomic E-state index is 12.1. The molecule has 0 saturated heterocycles. The summed E-state index contributed by atoms with van der Waals surface area (Å²) in [4.78, 5) is 36.4. The van der Waals surface area contributed by atoms with Crippen LogP contribution in [0.2, 0.25) is 0 Å². The fourth-order valence-electron chi connectivity index (χ4n) is 2.06. The maximum Gasteiger partial charge on any atom is 0.268 e. The van der Waals surface area contributed by atoms with Gasteiger partial charge in [-0.25, -0.2) is 9.97 Å². The fraction of sp³-hybridized carbons (Fsp3) is 0.308. The Balaban J connectivity index is 1.65. The smallest absolute Gasteiger partial charge is 0.268 e. The predicted octanol–water partition coefficient (Wildman–Crippen LogP) is 0.625. The molecular weight excluding hydrogens is 304 g/mol. The maximum atomic E-state index is 12.1. The van der Waals surface area contributed by atoms with Crippen LogP contribution in [0.3, 0.4) is 0 Å². The highest BCUT2D eigenvalue weighted by atomic mass is 32.1. The largest absolute Gasteiger partial charge is 0.338 e. The summed E-state index contributed by atoms with van der Waals surface area (Å²) < 4.78 is 2.20. The van der Waals surface area contributed by atoms with Crippen LogP contribution in [0.25, 0.3) is 10.2 Å². The van der Waals surface area contributed by atoms with Crippen molar-refractivity contribution in [1.29, 1.82) is 0 Å². The van der Waals surface area contributed by atoms with Crippen LogP contribution in [0, 0.1) is 0 Å². The van der Waals surface area contributed by atoms with Gasteiger partial charge in [-0.3, -0.25) is 14.3 Å². The first-order valence-electron chi connectivity index (χ1n) is 6.66. The van der Waals surface area contributed by atoms with Crippen LogP contribution in [0.1, 0.15) is 12.2 Å². The number of nitrogens with zero attached hydrogens (tertiary/aromatic N) is 5. The van der Waals surface area contributed by atoms with Gasteiger partial charge in [-0.05, 0) is 11.4 Å². The lowest BCUT2D eigenvalue weighted by atomic mass is 10.3. The first kappa shape index (κ1) is 14.4. The molecule has 1 N–H and O–H groups in total. The molecule has 0 spiro atoms. The summed E-state index contributed by atoms with van der Waals surface area (Å²) in [6, 6.07) is 1.80. The first-order chi connectivity index (χ1) is 10.6. The zero-order valence-corrected chi connectivity index (χ0v) is 12.7. The van der Waals surface area contributed by atoms with E-state index in [2.05, 4.69) is 20.1 Å². The lowest BCUT2D eigenvalue weighted by molar-refractivity contribution is -0.130. The molecule has 8 nitrogen and oxygen atoms in total. The summed E-state index contributed by atoms with van der Waals surface area (Å²) >= 11 is 1.35. The molecule has 0 atom stereocenters. The molecule has 22 heavy (non-hydrogen) atoms. The number of aromatic nitrogens is 5. The average molecular weight is 318 g/mol. The van der Waals surface area contributed by atoms with E-state index in [1.807, 2.05) is 5.38 Å². The normalized spacial score (nSPS) is 11.0. The minimum atomic E-state index is -0.168. The standard InChI is InChI=1S/C13H14N6O2S/c1-18(11(20)2-4-19-8-14-7-15-19)6-10-16-9-3-5-22-12(9)13(21)17-10/h3,5,7-8H,2,4,6H2,1H3,(H,16,17,21). The number of nitrogens with one attached hydrogen (secondary N) is 1. The Kier molecular flexibility index (Phi) is 3.96. The Morgan fingerprint density at radius 2 is 2.36 bits per heavy atom. The molecule has 0 fully saturated rings. The molecular formula is C13H14N6O2S. The number of carbonyl (C=O) groups excluding carboxylic acids is 1. The molecule has 3 heterocycles. The Morgan fingerprint density at radius 3 is 3.14 bits per heavy atom. The van der Waals surface area contributed by atoms with Crippen LogP contribution in [-0.2, 0) is 17.9 Å². The van der Waals surface area contributed by atoms with E-state index in [0.29, 0.717) is 29.0 Å². The monoisotopic (exact) mass is 318 g/mol. The highest BCUT2D eigenvalue weighted by molar-refractivity contribution is 7.17. The molecule has 0 aromatic carbocycles. The van der Waals surface area contributed by atoms with Gasteiger partial charge >= 0.3 is 0 Å². The third kappa shape index (κ3) is 3.03. The molecule has 0 saturated carbocycles. The number of carbonyl (C=O) groups is 1. The minimum absolute atomic E-state index is 0.0523. The molecule has 0 radical (unpaired) electrons. The van der Waals surface area contributed by atoms with Crippen molar-refractivity contribution in [2.24, 2.45) is 0 Å². The number of amides is 1. The lowest BCUT2D eigenvalue weighted by Gasteiger charge is -2.16. The van der Waals surface area contributed by atoms with Crippen molar-refractivity contribution in [2.45, 2.75) is 19.5 Å². The van der Waals surface area contributed by atoms with Gasteiger partial charge in [0, 0.05) is 13.5 Å². The molecule has 3 rings (SSSR count). The van der Waals surface area contributed by atoms with E-state index in [1.165, 1.54) is 22.6 Å². The van der Waals surface area contributed by atoms with E-state index in [1.54, 1.807) is 24.1 Å². The van der Waals surface area contributed by atoms with Gasteiger partial charge in [-0.2, -0.15) is 5.10 Å². The van der Waals surface area contributed by atoms with E-state index in [0.717, 1.165) is 0 Å². The van der Waals surface area contributed by atoms with Crippen molar-refractivity contribution in [2.75, 3.05) is 7.05 Å². The summed E-state index contributed by atoms with van der Waals surface area (Å²) in [7, 11) is 1.68. The topological polar surface area (TPSA) is 96.8 Å². The Bertz CT molecular complexity index is 838. The quantitative estimate of drug-likeness (QED) is 0.744. The Morgan fingerprint density at radius 1 is 1.50 bits per heavy atom. The second-order valence-corrected chi connectivity index (χ2v) is 5.72. The Hall–Kier alpha value is -2.55. The lowest BCUT2D eigenvalue weighted by Crippen LogP contribution is -2.29. The fourth-order valence-corrected chi connectivity index (χ4v) is 2.78. The molecule has 3 aromatic rings. The molecule has 0 aliphatic carbocycles. The molecule has 1 amide bonds. The number of aromatic amines is 1. The van der Waals surface area contributed by atoms with Crippen LogP contribution in [-0.4, -0.2) is 42.6 Å². The zero-order valence-electron chi connectivity index (χ0n) is 11.9. The number of thiophene rings is 1. The summed E-state index contributed by atoms with van der Waals surface area (Å²) in [5.74, 6) is 0.427. The number of hydrogen-bond acceptors (Lipinski definition) is 6. The third-order valence-electron chi connectivity index (χ3n) is 3.20. The zero-order chi connectivity index (χ0) is 15.5.